The lowest BCUT2D eigenvalue weighted by atomic mass is 10.1. The minimum Gasteiger partial charge on any atom is -0.372 e. The van der Waals surface area contributed by atoms with Gasteiger partial charge in [-0.15, -0.1) is 10.1 Å². The molecule has 0 spiro atoms. The predicted molar refractivity (Wildman–Crippen MR) is 53.4 cm³/mol. The summed E-state index contributed by atoms with van der Waals surface area (Å²) in [5.41, 5.74) is 0. The van der Waals surface area contributed by atoms with Crippen molar-refractivity contribution in [2.45, 2.75) is 30.5 Å². The van der Waals surface area contributed by atoms with E-state index in [4.69, 9.17) is 9.47 Å². The Balaban J connectivity index is 1.95. The third-order valence-corrected chi connectivity index (χ3v) is 3.54. The molecule has 0 saturated carbocycles. The highest BCUT2D eigenvalue weighted by Gasteiger charge is 2.49. The molecule has 0 radical (unpaired) electrons. The molecule has 0 amide bonds. The van der Waals surface area contributed by atoms with E-state index in [1.54, 1.807) is 0 Å². The van der Waals surface area contributed by atoms with Gasteiger partial charge in [-0.1, -0.05) is 11.8 Å². The number of ether oxygens (including phenoxy) is 2. The average Bonchev–Trinajstić information content (AvgIpc) is 2.70. The maximum absolute atomic E-state index is 11.0. The molecule has 0 aromatic heterocycles. The summed E-state index contributed by atoms with van der Waals surface area (Å²) in [6.45, 7) is 1.96. The van der Waals surface area contributed by atoms with Crippen LogP contribution in [0, 0.1) is 10.1 Å². The van der Waals surface area contributed by atoms with Crippen molar-refractivity contribution >= 4 is 16.9 Å². The van der Waals surface area contributed by atoms with Gasteiger partial charge in [0.1, 0.15) is 12.2 Å². The molecule has 0 aromatic rings. The molecule has 2 fully saturated rings. The molecule has 0 aliphatic carbocycles. The van der Waals surface area contributed by atoms with E-state index in [1.165, 1.54) is 6.92 Å². The number of carbonyl (C=O) groups is 1. The van der Waals surface area contributed by atoms with Crippen molar-refractivity contribution in [2.24, 2.45) is 0 Å². The molecule has 0 bridgehead atoms. The van der Waals surface area contributed by atoms with Gasteiger partial charge in [-0.25, -0.2) is 0 Å². The van der Waals surface area contributed by atoms with Crippen molar-refractivity contribution in [1.82, 2.24) is 0 Å². The Bertz CT molecular complexity index is 281. The van der Waals surface area contributed by atoms with Crippen LogP contribution >= 0.6 is 11.8 Å². The maximum Gasteiger partial charge on any atom is 0.294 e. The largest absolute Gasteiger partial charge is 0.372 e. The Kier molecular flexibility index (Phi) is 3.31. The van der Waals surface area contributed by atoms with E-state index >= 15 is 0 Å². The normalized spacial score (nSPS) is 37.1. The van der Waals surface area contributed by atoms with Gasteiger partial charge in [0, 0.05) is 6.92 Å². The van der Waals surface area contributed by atoms with Crippen molar-refractivity contribution in [1.29, 1.82) is 0 Å². The number of hydrogen-bond acceptors (Lipinski definition) is 7. The summed E-state index contributed by atoms with van der Waals surface area (Å²) in [7, 11) is 0. The van der Waals surface area contributed by atoms with E-state index in [0.29, 0.717) is 6.61 Å². The summed E-state index contributed by atoms with van der Waals surface area (Å²) >= 11 is 1.15. The second-order valence-corrected chi connectivity index (χ2v) is 5.03. The molecule has 2 aliphatic heterocycles. The molecule has 16 heavy (non-hydrogen) atoms. The fourth-order valence-electron chi connectivity index (χ4n) is 1.94. The van der Waals surface area contributed by atoms with Crippen LogP contribution in [0.3, 0.4) is 0 Å². The second-order valence-electron chi connectivity index (χ2n) is 3.61. The Morgan fingerprint density at radius 3 is 2.75 bits per heavy atom. The summed E-state index contributed by atoms with van der Waals surface area (Å²) in [6, 6.07) is 0. The molecule has 7 nitrogen and oxygen atoms in total. The number of carbonyl (C=O) groups excluding carboxylic acids is 1. The van der Waals surface area contributed by atoms with Gasteiger partial charge in [-0.05, 0) is 0 Å². The van der Waals surface area contributed by atoms with E-state index in [2.05, 4.69) is 4.84 Å². The third-order valence-electron chi connectivity index (χ3n) is 2.50. The van der Waals surface area contributed by atoms with Gasteiger partial charge in [0.25, 0.3) is 5.09 Å². The maximum atomic E-state index is 11.0. The van der Waals surface area contributed by atoms with Crippen molar-refractivity contribution in [2.75, 3.05) is 13.2 Å². The van der Waals surface area contributed by atoms with Gasteiger partial charge in [0.15, 0.2) is 11.2 Å². The van der Waals surface area contributed by atoms with E-state index in [0.717, 1.165) is 11.8 Å². The molecule has 0 aromatic carbocycles. The Morgan fingerprint density at radius 1 is 1.44 bits per heavy atom. The summed E-state index contributed by atoms with van der Waals surface area (Å²) in [6.07, 6.45) is -1.42. The molecule has 2 rings (SSSR count). The highest BCUT2D eigenvalue weighted by molar-refractivity contribution is 8.14. The molecule has 90 valence electrons. The first-order valence-electron chi connectivity index (χ1n) is 4.79. The van der Waals surface area contributed by atoms with Gasteiger partial charge in [0.2, 0.25) is 0 Å². The first kappa shape index (κ1) is 11.6. The predicted octanol–water partition coefficient (Wildman–Crippen LogP) is 0.00920. The van der Waals surface area contributed by atoms with Gasteiger partial charge in [-0.3, -0.25) is 4.79 Å². The summed E-state index contributed by atoms with van der Waals surface area (Å²) in [5.74, 6) is 0. The second kappa shape index (κ2) is 4.56. The van der Waals surface area contributed by atoms with Crippen LogP contribution in [0.2, 0.25) is 0 Å². The lowest BCUT2D eigenvalue weighted by Gasteiger charge is -2.14. The van der Waals surface area contributed by atoms with Gasteiger partial charge < -0.3 is 14.3 Å². The molecule has 0 N–H and O–H groups in total. The SMILES string of the molecule is CC(=O)SC1CO[C@H]2C1OC[C@H]2O[N+](=O)[O-]. The topological polar surface area (TPSA) is 87.9 Å². The smallest absolute Gasteiger partial charge is 0.294 e. The Morgan fingerprint density at radius 2 is 2.12 bits per heavy atom. The highest BCUT2D eigenvalue weighted by atomic mass is 32.2. The van der Waals surface area contributed by atoms with Crippen molar-refractivity contribution < 1.29 is 24.2 Å². The van der Waals surface area contributed by atoms with Crippen LogP contribution in [0.25, 0.3) is 0 Å². The van der Waals surface area contributed by atoms with E-state index in [1.807, 2.05) is 0 Å². The fourth-order valence-corrected chi connectivity index (χ4v) is 2.88. The number of hydrogen-bond donors (Lipinski definition) is 0. The minimum atomic E-state index is -0.842. The van der Waals surface area contributed by atoms with Crippen LogP contribution in [0.5, 0.6) is 0 Å². The minimum absolute atomic E-state index is 0.0171. The molecular weight excluding hydrogens is 238 g/mol. The summed E-state index contributed by atoms with van der Waals surface area (Å²) in [4.78, 5) is 25.6. The van der Waals surface area contributed by atoms with Crippen molar-refractivity contribution in [3.8, 4) is 0 Å². The van der Waals surface area contributed by atoms with Crippen LogP contribution < -0.4 is 0 Å². The zero-order valence-corrected chi connectivity index (χ0v) is 9.35. The lowest BCUT2D eigenvalue weighted by molar-refractivity contribution is -0.769. The fraction of sp³-hybridized carbons (Fsp3) is 0.875. The van der Waals surface area contributed by atoms with Crippen LogP contribution in [-0.2, 0) is 19.1 Å². The number of fused-ring (bicyclic) bond motifs is 1. The lowest BCUT2D eigenvalue weighted by Crippen LogP contribution is -2.33. The van der Waals surface area contributed by atoms with Crippen LogP contribution in [0.15, 0.2) is 0 Å². The zero-order valence-electron chi connectivity index (χ0n) is 8.53. The molecule has 2 saturated heterocycles. The zero-order chi connectivity index (χ0) is 11.7. The van der Waals surface area contributed by atoms with Crippen molar-refractivity contribution in [3.63, 3.8) is 0 Å². The van der Waals surface area contributed by atoms with Crippen molar-refractivity contribution in [3.05, 3.63) is 10.1 Å². The quantitative estimate of drug-likeness (QED) is 0.514. The van der Waals surface area contributed by atoms with Crippen LogP contribution in [0.1, 0.15) is 6.92 Å². The first-order valence-corrected chi connectivity index (χ1v) is 5.67. The Labute approximate surface area is 95.5 Å². The highest BCUT2D eigenvalue weighted by Crippen LogP contribution is 2.35. The Hall–Kier alpha value is -0.860. The van der Waals surface area contributed by atoms with Gasteiger partial charge >= 0.3 is 0 Å². The van der Waals surface area contributed by atoms with E-state index in [9.17, 15) is 14.9 Å². The molecule has 2 heterocycles. The number of rotatable bonds is 3. The van der Waals surface area contributed by atoms with Crippen LogP contribution in [-0.4, -0.2) is 47.0 Å². The average molecular weight is 249 g/mol. The number of nitrogens with zero attached hydrogens (tertiary/aromatic N) is 1. The van der Waals surface area contributed by atoms with Crippen LogP contribution in [0.4, 0.5) is 0 Å². The van der Waals surface area contributed by atoms with E-state index < -0.39 is 17.3 Å². The van der Waals surface area contributed by atoms with E-state index in [-0.39, 0.29) is 23.1 Å². The summed E-state index contributed by atoms with van der Waals surface area (Å²) in [5, 5.41) is 9.26. The third kappa shape index (κ3) is 2.28. The molecular formula is C8H11NO6S. The van der Waals surface area contributed by atoms with Gasteiger partial charge in [-0.2, -0.15) is 0 Å². The standard InChI is InChI=1S/C8H11NO6S/c1-4(10)16-6-3-14-7-5(15-9(11)12)2-13-8(6)7/h5-8H,2-3H2,1H3/t5-,6?,7-,8?/m1/s1. The monoisotopic (exact) mass is 249 g/mol. The molecule has 2 unspecified atom stereocenters. The first-order chi connectivity index (χ1) is 7.58. The summed E-state index contributed by atoms with van der Waals surface area (Å²) < 4.78 is 10.8. The molecule has 2 aliphatic rings. The number of thioether (sulfide) groups is 1. The molecule has 8 heteroatoms. The molecule has 4 atom stereocenters. The van der Waals surface area contributed by atoms with Gasteiger partial charge in [0.05, 0.1) is 18.5 Å².